The van der Waals surface area contributed by atoms with Crippen molar-refractivity contribution in [3.8, 4) is 5.75 Å². The van der Waals surface area contributed by atoms with E-state index in [1.807, 2.05) is 18.2 Å². The van der Waals surface area contributed by atoms with Gasteiger partial charge in [-0.3, -0.25) is 14.6 Å². The number of aromatic amines is 1. The molecule has 36 heavy (non-hydrogen) atoms. The third-order valence-electron chi connectivity index (χ3n) is 5.67. The SMILES string of the molecule is COc1cc(Cc2cc(C(=O)NCc3cc4c(Cl)c[nH]c4cc3F)ccn2)ccc1CNC(=O)CO. The van der Waals surface area contributed by atoms with E-state index in [4.69, 9.17) is 21.4 Å². The Hall–Kier alpha value is -3.95. The van der Waals surface area contributed by atoms with Gasteiger partial charge in [0.2, 0.25) is 5.91 Å². The topological polar surface area (TPSA) is 116 Å². The first-order valence-corrected chi connectivity index (χ1v) is 11.5. The normalized spacial score (nSPS) is 10.9. The zero-order valence-corrected chi connectivity index (χ0v) is 20.2. The smallest absolute Gasteiger partial charge is 0.251 e. The molecule has 0 spiro atoms. The predicted molar refractivity (Wildman–Crippen MR) is 133 cm³/mol. The fraction of sp³-hybridized carbons (Fsp3) is 0.192. The molecule has 2 heterocycles. The molecule has 4 rings (SSSR count). The van der Waals surface area contributed by atoms with E-state index in [0.717, 1.165) is 11.1 Å². The molecular weight excluding hydrogens is 487 g/mol. The number of H-pyrrole nitrogens is 1. The molecule has 0 fully saturated rings. The summed E-state index contributed by atoms with van der Waals surface area (Å²) < 4.78 is 19.8. The summed E-state index contributed by atoms with van der Waals surface area (Å²) in [5.74, 6) is -0.686. The van der Waals surface area contributed by atoms with Gasteiger partial charge in [0.1, 0.15) is 18.2 Å². The quantitative estimate of drug-likeness (QED) is 0.275. The lowest BCUT2D eigenvalue weighted by Gasteiger charge is -2.12. The second-order valence-electron chi connectivity index (χ2n) is 8.10. The highest BCUT2D eigenvalue weighted by atomic mass is 35.5. The van der Waals surface area contributed by atoms with Gasteiger partial charge < -0.3 is 25.5 Å². The van der Waals surface area contributed by atoms with Crippen LogP contribution in [0.3, 0.4) is 0 Å². The monoisotopic (exact) mass is 510 g/mol. The number of amides is 2. The standard InChI is InChI=1S/C26H24ClFN4O4/c1-36-24-7-15(2-3-17(24)11-31-25(34)14-33)6-19-8-16(4-5-29-19)26(35)32-12-18-9-20-21(27)13-30-23(20)10-22(18)28/h2-5,7-10,13,30,33H,6,11-12,14H2,1H3,(H,31,34)(H,32,35). The van der Waals surface area contributed by atoms with Crippen molar-refractivity contribution in [3.63, 3.8) is 0 Å². The molecule has 2 amide bonds. The largest absolute Gasteiger partial charge is 0.496 e. The molecule has 2 aromatic carbocycles. The molecule has 0 unspecified atom stereocenters. The Labute approximate surface area is 211 Å². The molecule has 0 radical (unpaired) electrons. The molecule has 0 atom stereocenters. The molecule has 8 nitrogen and oxygen atoms in total. The number of methoxy groups -OCH3 is 1. The maximum atomic E-state index is 14.4. The van der Waals surface area contributed by atoms with E-state index in [1.54, 1.807) is 30.6 Å². The van der Waals surface area contributed by atoms with E-state index in [0.29, 0.717) is 44.9 Å². The Morgan fingerprint density at radius 3 is 2.69 bits per heavy atom. The van der Waals surface area contributed by atoms with Crippen LogP contribution in [-0.4, -0.2) is 40.6 Å². The molecule has 0 aliphatic heterocycles. The number of aromatic nitrogens is 2. The van der Waals surface area contributed by atoms with Crippen molar-refractivity contribution < 1.29 is 23.8 Å². The van der Waals surface area contributed by atoms with Gasteiger partial charge in [0.05, 0.1) is 12.1 Å². The van der Waals surface area contributed by atoms with Crippen molar-refractivity contribution in [1.82, 2.24) is 20.6 Å². The lowest BCUT2D eigenvalue weighted by atomic mass is 10.0. The molecule has 0 aliphatic rings. The maximum absolute atomic E-state index is 14.4. The van der Waals surface area contributed by atoms with Crippen LogP contribution in [0, 0.1) is 5.82 Å². The van der Waals surface area contributed by atoms with Gasteiger partial charge in [-0.15, -0.1) is 0 Å². The molecule has 0 aliphatic carbocycles. The molecular formula is C26H24ClFN4O4. The summed E-state index contributed by atoms with van der Waals surface area (Å²) in [7, 11) is 1.53. The summed E-state index contributed by atoms with van der Waals surface area (Å²) in [6.45, 7) is -0.354. The van der Waals surface area contributed by atoms with Gasteiger partial charge in [-0.1, -0.05) is 23.7 Å². The first-order chi connectivity index (χ1) is 17.4. The molecule has 2 aromatic heterocycles. The Kier molecular flexibility index (Phi) is 7.82. The molecule has 10 heteroatoms. The van der Waals surface area contributed by atoms with Gasteiger partial charge in [-0.2, -0.15) is 0 Å². The van der Waals surface area contributed by atoms with Crippen LogP contribution in [0.1, 0.15) is 32.7 Å². The van der Waals surface area contributed by atoms with Gasteiger partial charge in [-0.05, 0) is 35.9 Å². The Bertz CT molecular complexity index is 1420. The first kappa shape index (κ1) is 25.2. The number of carbonyl (C=O) groups excluding carboxylic acids is 2. The second kappa shape index (κ2) is 11.2. The van der Waals surface area contributed by atoms with Crippen LogP contribution in [-0.2, 0) is 24.3 Å². The van der Waals surface area contributed by atoms with Crippen LogP contribution in [0.25, 0.3) is 10.9 Å². The number of nitrogens with zero attached hydrogens (tertiary/aromatic N) is 1. The minimum Gasteiger partial charge on any atom is -0.496 e. The number of hydrogen-bond acceptors (Lipinski definition) is 5. The highest BCUT2D eigenvalue weighted by Gasteiger charge is 2.13. The van der Waals surface area contributed by atoms with Gasteiger partial charge in [0, 0.05) is 65.2 Å². The number of rotatable bonds is 9. The Morgan fingerprint density at radius 1 is 1.11 bits per heavy atom. The molecule has 0 saturated heterocycles. The number of hydrogen-bond donors (Lipinski definition) is 4. The molecule has 4 N–H and O–H groups in total. The molecule has 0 bridgehead atoms. The Morgan fingerprint density at radius 2 is 1.92 bits per heavy atom. The van der Waals surface area contributed by atoms with Crippen molar-refractivity contribution in [1.29, 1.82) is 0 Å². The van der Waals surface area contributed by atoms with Gasteiger partial charge in [0.15, 0.2) is 0 Å². The number of benzene rings is 2. The fourth-order valence-electron chi connectivity index (χ4n) is 3.79. The second-order valence-corrected chi connectivity index (χ2v) is 8.51. The number of halogens is 2. The van der Waals surface area contributed by atoms with Crippen molar-refractivity contribution in [3.05, 3.63) is 93.6 Å². The van der Waals surface area contributed by atoms with E-state index < -0.39 is 18.3 Å². The minimum atomic E-state index is -0.582. The predicted octanol–water partition coefficient (Wildman–Crippen LogP) is 3.49. The maximum Gasteiger partial charge on any atom is 0.251 e. The van der Waals surface area contributed by atoms with E-state index >= 15 is 0 Å². The number of nitrogens with one attached hydrogen (secondary N) is 3. The molecule has 4 aromatic rings. The zero-order chi connectivity index (χ0) is 25.7. The third-order valence-corrected chi connectivity index (χ3v) is 5.99. The van der Waals surface area contributed by atoms with Gasteiger partial charge >= 0.3 is 0 Å². The van der Waals surface area contributed by atoms with E-state index in [1.165, 1.54) is 13.2 Å². The van der Waals surface area contributed by atoms with Crippen LogP contribution in [0.15, 0.2) is 54.9 Å². The number of aliphatic hydroxyl groups excluding tert-OH is 1. The van der Waals surface area contributed by atoms with Crippen molar-refractivity contribution in [2.75, 3.05) is 13.7 Å². The Balaban J connectivity index is 1.43. The summed E-state index contributed by atoms with van der Waals surface area (Å²) in [6, 6.07) is 11.8. The van der Waals surface area contributed by atoms with Crippen molar-refractivity contribution >= 4 is 34.3 Å². The van der Waals surface area contributed by atoms with Crippen molar-refractivity contribution in [2.45, 2.75) is 19.5 Å². The highest BCUT2D eigenvalue weighted by Crippen LogP contribution is 2.26. The van der Waals surface area contributed by atoms with Crippen LogP contribution >= 0.6 is 11.6 Å². The van der Waals surface area contributed by atoms with E-state index in [-0.39, 0.29) is 19.0 Å². The average Bonchev–Trinajstić information content (AvgIpc) is 3.25. The average molecular weight is 511 g/mol. The lowest BCUT2D eigenvalue weighted by molar-refractivity contribution is -0.123. The lowest BCUT2D eigenvalue weighted by Crippen LogP contribution is -2.25. The van der Waals surface area contributed by atoms with Crippen LogP contribution in [0.4, 0.5) is 4.39 Å². The van der Waals surface area contributed by atoms with Crippen molar-refractivity contribution in [2.24, 2.45) is 0 Å². The minimum absolute atomic E-state index is 0.00521. The zero-order valence-electron chi connectivity index (χ0n) is 19.4. The van der Waals surface area contributed by atoms with E-state index in [9.17, 15) is 14.0 Å². The molecule has 186 valence electrons. The summed E-state index contributed by atoms with van der Waals surface area (Å²) in [5, 5.41) is 15.4. The number of fused-ring (bicyclic) bond motifs is 1. The van der Waals surface area contributed by atoms with Crippen LogP contribution < -0.4 is 15.4 Å². The number of pyridine rings is 1. The number of aliphatic hydroxyl groups is 1. The van der Waals surface area contributed by atoms with Crippen LogP contribution in [0.2, 0.25) is 5.02 Å². The third kappa shape index (κ3) is 5.81. The summed E-state index contributed by atoms with van der Waals surface area (Å²) in [4.78, 5) is 31.3. The van der Waals surface area contributed by atoms with E-state index in [2.05, 4.69) is 20.6 Å². The van der Waals surface area contributed by atoms with Crippen LogP contribution in [0.5, 0.6) is 5.75 Å². The highest BCUT2D eigenvalue weighted by molar-refractivity contribution is 6.35. The number of ether oxygens (including phenoxy) is 1. The first-order valence-electron chi connectivity index (χ1n) is 11.1. The van der Waals surface area contributed by atoms with Gasteiger partial charge in [-0.25, -0.2) is 4.39 Å². The summed E-state index contributed by atoms with van der Waals surface area (Å²) >= 11 is 6.12. The summed E-state index contributed by atoms with van der Waals surface area (Å²) in [6.07, 6.45) is 3.58. The van der Waals surface area contributed by atoms with Gasteiger partial charge in [0.25, 0.3) is 5.91 Å². The molecule has 0 saturated carbocycles. The summed E-state index contributed by atoms with van der Waals surface area (Å²) in [5.41, 5.74) is 3.64. The fourth-order valence-corrected chi connectivity index (χ4v) is 4.00. The number of carbonyl (C=O) groups is 2.